The van der Waals surface area contributed by atoms with E-state index in [9.17, 15) is 18.0 Å². The van der Waals surface area contributed by atoms with Crippen molar-refractivity contribution in [3.05, 3.63) is 29.8 Å². The highest BCUT2D eigenvalue weighted by Gasteiger charge is 2.28. The molecule has 1 aromatic rings. The number of carbonyl (C=O) groups excluding carboxylic acids is 2. The van der Waals surface area contributed by atoms with E-state index in [1.165, 1.54) is 12.1 Å². The van der Waals surface area contributed by atoms with E-state index in [1.54, 1.807) is 17.0 Å². The normalized spacial score (nSPS) is 20.4. The first kappa shape index (κ1) is 24.0. The zero-order valence-electron chi connectivity index (χ0n) is 18.3. The molecule has 2 fully saturated rings. The summed E-state index contributed by atoms with van der Waals surface area (Å²) in [6, 6.07) is 7.12. The van der Waals surface area contributed by atoms with Gasteiger partial charge in [0.1, 0.15) is 6.04 Å². The topological polar surface area (TPSA) is 131 Å². The number of hydrogen-bond donors (Lipinski definition) is 3. The van der Waals surface area contributed by atoms with Crippen molar-refractivity contribution in [3.63, 3.8) is 0 Å². The number of nitrogens with one attached hydrogen (secondary N) is 3. The third-order valence-corrected chi connectivity index (χ3v) is 7.49. The smallest absolute Gasteiger partial charge is 0.328 e. The van der Waals surface area contributed by atoms with Crippen molar-refractivity contribution in [1.29, 1.82) is 5.26 Å². The van der Waals surface area contributed by atoms with Crippen molar-refractivity contribution < 1.29 is 18.0 Å². The summed E-state index contributed by atoms with van der Waals surface area (Å²) in [6.45, 7) is 2.57. The van der Waals surface area contributed by atoms with E-state index in [0.29, 0.717) is 13.0 Å². The quantitative estimate of drug-likeness (QED) is 0.570. The third-order valence-electron chi connectivity index (χ3n) is 6.14. The van der Waals surface area contributed by atoms with Gasteiger partial charge >= 0.3 is 6.03 Å². The molecule has 0 aromatic heterocycles. The monoisotopic (exact) mass is 461 g/mol. The molecule has 0 bridgehead atoms. The van der Waals surface area contributed by atoms with E-state index in [4.69, 9.17) is 5.26 Å². The fourth-order valence-electron chi connectivity index (χ4n) is 4.24. The van der Waals surface area contributed by atoms with Crippen LogP contribution in [0, 0.1) is 11.3 Å². The second-order valence-electron chi connectivity index (χ2n) is 8.46. The lowest BCUT2D eigenvalue weighted by Crippen LogP contribution is -2.45. The Bertz CT molecular complexity index is 952. The van der Waals surface area contributed by atoms with Crippen LogP contribution in [0.1, 0.15) is 63.5 Å². The van der Waals surface area contributed by atoms with E-state index < -0.39 is 16.1 Å². The molecule has 2 aliphatic rings. The van der Waals surface area contributed by atoms with Gasteiger partial charge in [-0.05, 0) is 50.3 Å². The molecule has 1 saturated heterocycles. The van der Waals surface area contributed by atoms with Gasteiger partial charge in [-0.25, -0.2) is 17.9 Å². The van der Waals surface area contributed by atoms with E-state index in [-0.39, 0.29) is 35.5 Å². The van der Waals surface area contributed by atoms with Crippen molar-refractivity contribution in [2.24, 2.45) is 0 Å². The summed E-state index contributed by atoms with van der Waals surface area (Å²) in [5.41, 5.74) is 0.807. The highest BCUT2D eigenvalue weighted by atomic mass is 32.2. The van der Waals surface area contributed by atoms with Gasteiger partial charge < -0.3 is 15.5 Å². The first-order chi connectivity index (χ1) is 15.3. The lowest BCUT2D eigenvalue weighted by molar-refractivity contribution is -0.130. The molecule has 3 amide bonds. The maximum absolute atomic E-state index is 12.5. The number of urea groups is 1. The predicted octanol–water partition coefficient (Wildman–Crippen LogP) is 2.17. The Morgan fingerprint density at radius 3 is 2.47 bits per heavy atom. The first-order valence-corrected chi connectivity index (χ1v) is 12.6. The summed E-state index contributed by atoms with van der Waals surface area (Å²) in [4.78, 5) is 26.1. The van der Waals surface area contributed by atoms with Gasteiger partial charge in [-0.15, -0.1) is 0 Å². The Labute approximate surface area is 189 Å². The van der Waals surface area contributed by atoms with Gasteiger partial charge in [0, 0.05) is 18.6 Å². The Morgan fingerprint density at radius 2 is 1.81 bits per heavy atom. The van der Waals surface area contributed by atoms with Gasteiger partial charge in [-0.2, -0.15) is 5.26 Å². The lowest BCUT2D eigenvalue weighted by Gasteiger charge is -2.23. The Morgan fingerprint density at radius 1 is 1.12 bits per heavy atom. The fourth-order valence-corrected chi connectivity index (χ4v) is 5.15. The van der Waals surface area contributed by atoms with Gasteiger partial charge in [-0.1, -0.05) is 31.4 Å². The van der Waals surface area contributed by atoms with Crippen LogP contribution >= 0.6 is 0 Å². The molecule has 32 heavy (non-hydrogen) atoms. The van der Waals surface area contributed by atoms with E-state index in [0.717, 1.165) is 44.1 Å². The number of carbonyl (C=O) groups is 2. The van der Waals surface area contributed by atoms with Gasteiger partial charge in [0.2, 0.25) is 5.91 Å². The summed E-state index contributed by atoms with van der Waals surface area (Å²) >= 11 is 0. The molecular formula is C22H31N5O4S. The number of amides is 3. The maximum Gasteiger partial charge on any atom is 0.328 e. The van der Waals surface area contributed by atoms with Crippen LogP contribution in [0.25, 0.3) is 0 Å². The highest BCUT2D eigenvalue weighted by molar-refractivity contribution is 7.90. The summed E-state index contributed by atoms with van der Waals surface area (Å²) in [5, 5.41) is 15.0. The average molecular weight is 462 g/mol. The molecule has 10 heteroatoms. The Balaban J connectivity index is 1.52. The minimum Gasteiger partial charge on any atom is -0.335 e. The standard InChI is InChI=1S/C22H31N5O4S/c1-16(24-15-21(28)27-13-5-8-19(27)14-23)17-9-11-20(12-10-17)32(30,31)26-22(29)25-18-6-3-2-4-7-18/h9-12,16,18-19,24H,2-8,13,15H2,1H3,(H2,25,26,29)/t16?,19-/m0/s1. The Hall–Kier alpha value is -2.64. The molecule has 1 aliphatic heterocycles. The highest BCUT2D eigenvalue weighted by Crippen LogP contribution is 2.19. The molecule has 174 valence electrons. The molecular weight excluding hydrogens is 430 g/mol. The van der Waals surface area contributed by atoms with Crippen LogP contribution in [0.15, 0.2) is 29.2 Å². The molecule has 3 rings (SSSR count). The average Bonchev–Trinajstić information content (AvgIpc) is 3.26. The van der Waals surface area contributed by atoms with Crippen molar-refractivity contribution in [1.82, 2.24) is 20.3 Å². The molecule has 1 aliphatic carbocycles. The molecule has 1 saturated carbocycles. The Kier molecular flexibility index (Phi) is 8.10. The van der Waals surface area contributed by atoms with Crippen LogP contribution in [0.3, 0.4) is 0 Å². The van der Waals surface area contributed by atoms with Crippen molar-refractivity contribution in [3.8, 4) is 6.07 Å². The number of benzene rings is 1. The fraction of sp³-hybridized carbons (Fsp3) is 0.591. The van der Waals surface area contributed by atoms with E-state index >= 15 is 0 Å². The number of nitrogens with zero attached hydrogens (tertiary/aromatic N) is 2. The van der Waals surface area contributed by atoms with Crippen molar-refractivity contribution in [2.75, 3.05) is 13.1 Å². The molecule has 3 N–H and O–H groups in total. The van der Waals surface area contributed by atoms with Crippen molar-refractivity contribution >= 4 is 22.0 Å². The molecule has 2 atom stereocenters. The van der Waals surface area contributed by atoms with Crippen LogP contribution in [-0.2, 0) is 14.8 Å². The molecule has 9 nitrogen and oxygen atoms in total. The minimum absolute atomic E-state index is 0.00255. The van der Waals surface area contributed by atoms with Crippen molar-refractivity contribution in [2.45, 2.75) is 74.9 Å². The van der Waals surface area contributed by atoms with Crippen LogP contribution in [0.4, 0.5) is 4.79 Å². The van der Waals surface area contributed by atoms with Crippen LogP contribution < -0.4 is 15.4 Å². The number of sulfonamides is 1. The third kappa shape index (κ3) is 6.20. The zero-order chi connectivity index (χ0) is 23.1. The van der Waals surface area contributed by atoms with Gasteiger partial charge in [-0.3, -0.25) is 4.79 Å². The summed E-state index contributed by atoms with van der Waals surface area (Å²) < 4.78 is 27.1. The van der Waals surface area contributed by atoms with Gasteiger partial charge in [0.25, 0.3) is 10.0 Å². The number of rotatable bonds is 7. The first-order valence-electron chi connectivity index (χ1n) is 11.2. The molecule has 1 heterocycles. The SMILES string of the molecule is CC(NCC(=O)N1CCC[C@H]1C#N)c1ccc(S(=O)(=O)NC(=O)NC2CCCCC2)cc1. The lowest BCUT2D eigenvalue weighted by atomic mass is 9.96. The van der Waals surface area contributed by atoms with Gasteiger partial charge in [0.05, 0.1) is 17.5 Å². The summed E-state index contributed by atoms with van der Waals surface area (Å²) in [5.74, 6) is -0.117. The summed E-state index contributed by atoms with van der Waals surface area (Å²) in [7, 11) is -3.97. The van der Waals surface area contributed by atoms with Crippen LogP contribution in [0.2, 0.25) is 0 Å². The number of likely N-dealkylation sites (tertiary alicyclic amines) is 1. The van der Waals surface area contributed by atoms with E-state index in [2.05, 4.69) is 21.4 Å². The molecule has 1 unspecified atom stereocenters. The van der Waals surface area contributed by atoms with Crippen LogP contribution in [-0.4, -0.2) is 50.4 Å². The molecule has 0 radical (unpaired) electrons. The maximum atomic E-state index is 12.5. The number of nitriles is 1. The molecule has 0 spiro atoms. The van der Waals surface area contributed by atoms with Gasteiger partial charge in [0.15, 0.2) is 0 Å². The molecule has 1 aromatic carbocycles. The van der Waals surface area contributed by atoms with Crippen LogP contribution in [0.5, 0.6) is 0 Å². The predicted molar refractivity (Wildman–Crippen MR) is 119 cm³/mol. The second kappa shape index (κ2) is 10.8. The van der Waals surface area contributed by atoms with E-state index in [1.807, 2.05) is 6.92 Å². The summed E-state index contributed by atoms with van der Waals surface area (Å²) in [6.07, 6.45) is 6.49. The minimum atomic E-state index is -3.97. The second-order valence-corrected chi connectivity index (χ2v) is 10.1. The largest absolute Gasteiger partial charge is 0.335 e. The zero-order valence-corrected chi connectivity index (χ0v) is 19.2. The number of hydrogen-bond acceptors (Lipinski definition) is 6.